The molecule has 3 amide bonds. The number of aliphatic imine (C=N–C) groups is 1. The summed E-state index contributed by atoms with van der Waals surface area (Å²) in [5.41, 5.74) is 3.82. The highest BCUT2D eigenvalue weighted by molar-refractivity contribution is 8.15. The molecule has 150 valence electrons. The molecule has 0 aliphatic carbocycles. The van der Waals surface area contributed by atoms with Crippen LogP contribution in [0.5, 0.6) is 0 Å². The van der Waals surface area contributed by atoms with Gasteiger partial charge in [-0.1, -0.05) is 59.8 Å². The van der Waals surface area contributed by atoms with Crippen LogP contribution in [-0.2, 0) is 20.9 Å². The van der Waals surface area contributed by atoms with Crippen molar-refractivity contribution in [2.45, 2.75) is 38.5 Å². The number of nitrogens with one attached hydrogen (secondary N) is 2. The largest absolute Gasteiger partial charge is 0.352 e. The van der Waals surface area contributed by atoms with E-state index in [1.54, 1.807) is 0 Å². The summed E-state index contributed by atoms with van der Waals surface area (Å²) in [5, 5.41) is 5.52. The lowest BCUT2D eigenvalue weighted by Crippen LogP contribution is -2.24. The fraction of sp³-hybridized carbons (Fsp3) is 0.273. The van der Waals surface area contributed by atoms with E-state index in [9.17, 15) is 14.4 Å². The van der Waals surface area contributed by atoms with Crippen LogP contribution in [0, 0.1) is 13.8 Å². The monoisotopic (exact) mass is 409 g/mol. The molecule has 0 radical (unpaired) electrons. The Hall–Kier alpha value is -2.93. The maximum absolute atomic E-state index is 12.3. The molecular weight excluding hydrogens is 386 g/mol. The Labute approximate surface area is 174 Å². The van der Waals surface area contributed by atoms with Crippen LogP contribution in [0.1, 0.15) is 29.5 Å². The van der Waals surface area contributed by atoms with Gasteiger partial charge in [-0.05, 0) is 31.0 Å². The number of carbonyl (C=O) groups is 3. The summed E-state index contributed by atoms with van der Waals surface area (Å²) in [5.74, 6) is -0.808. The predicted octanol–water partition coefficient (Wildman–Crippen LogP) is 3.38. The number of nitrogens with zero attached hydrogens (tertiary/aromatic N) is 1. The summed E-state index contributed by atoms with van der Waals surface area (Å²) < 4.78 is 0. The average molecular weight is 410 g/mol. The van der Waals surface area contributed by atoms with Crippen molar-refractivity contribution < 1.29 is 14.4 Å². The number of anilines is 1. The molecule has 0 spiro atoms. The van der Waals surface area contributed by atoms with Crippen LogP contribution in [0.4, 0.5) is 5.69 Å². The van der Waals surface area contributed by atoms with Crippen LogP contribution in [0.2, 0.25) is 0 Å². The average Bonchev–Trinajstić information content (AvgIpc) is 3.02. The molecule has 0 saturated carbocycles. The molecule has 0 saturated heterocycles. The summed E-state index contributed by atoms with van der Waals surface area (Å²) in [6.45, 7) is 4.34. The van der Waals surface area contributed by atoms with Crippen LogP contribution >= 0.6 is 11.8 Å². The van der Waals surface area contributed by atoms with Crippen LogP contribution in [-0.4, -0.2) is 28.0 Å². The normalized spacial score (nSPS) is 15.7. The van der Waals surface area contributed by atoms with Gasteiger partial charge in [-0.2, -0.15) is 0 Å². The zero-order chi connectivity index (χ0) is 20.8. The van der Waals surface area contributed by atoms with Gasteiger partial charge < -0.3 is 10.6 Å². The lowest BCUT2D eigenvalue weighted by molar-refractivity contribution is -0.121. The molecule has 2 aromatic carbocycles. The van der Waals surface area contributed by atoms with E-state index in [4.69, 9.17) is 0 Å². The number of hydrogen-bond acceptors (Lipinski definition) is 4. The fourth-order valence-corrected chi connectivity index (χ4v) is 4.04. The van der Waals surface area contributed by atoms with Gasteiger partial charge in [0.05, 0.1) is 11.5 Å². The minimum atomic E-state index is -0.585. The van der Waals surface area contributed by atoms with Gasteiger partial charge in [0, 0.05) is 18.7 Å². The number of rotatable bonds is 7. The number of carbonyl (C=O) groups excluding carboxylic acids is 3. The highest BCUT2D eigenvalue weighted by Crippen LogP contribution is 2.27. The molecule has 1 aliphatic rings. The molecule has 0 bridgehead atoms. The molecule has 3 rings (SSSR count). The number of benzene rings is 2. The van der Waals surface area contributed by atoms with Crippen molar-refractivity contribution in [1.82, 2.24) is 5.32 Å². The first kappa shape index (κ1) is 20.8. The van der Waals surface area contributed by atoms with E-state index in [0.717, 1.165) is 22.4 Å². The Morgan fingerprint density at radius 3 is 2.55 bits per heavy atom. The zero-order valence-corrected chi connectivity index (χ0v) is 17.2. The number of aryl methyl sites for hydroxylation is 2. The Morgan fingerprint density at radius 2 is 1.83 bits per heavy atom. The minimum absolute atomic E-state index is 0.0233. The second kappa shape index (κ2) is 9.52. The Morgan fingerprint density at radius 1 is 1.07 bits per heavy atom. The van der Waals surface area contributed by atoms with Crippen LogP contribution in [0.15, 0.2) is 53.5 Å². The van der Waals surface area contributed by atoms with E-state index in [2.05, 4.69) is 15.6 Å². The van der Waals surface area contributed by atoms with E-state index >= 15 is 0 Å². The second-order valence-electron chi connectivity index (χ2n) is 6.96. The van der Waals surface area contributed by atoms with Crippen LogP contribution < -0.4 is 10.6 Å². The molecule has 1 aliphatic heterocycles. The molecule has 6 nitrogen and oxygen atoms in total. The first-order valence-corrected chi connectivity index (χ1v) is 10.2. The van der Waals surface area contributed by atoms with E-state index < -0.39 is 5.25 Å². The van der Waals surface area contributed by atoms with Gasteiger partial charge in [0.1, 0.15) is 5.25 Å². The van der Waals surface area contributed by atoms with E-state index in [1.165, 1.54) is 11.8 Å². The van der Waals surface area contributed by atoms with E-state index in [1.807, 2.05) is 62.4 Å². The molecule has 2 N–H and O–H groups in total. The van der Waals surface area contributed by atoms with Crippen molar-refractivity contribution in [3.8, 4) is 0 Å². The topological polar surface area (TPSA) is 87.6 Å². The van der Waals surface area contributed by atoms with Crippen molar-refractivity contribution in [2.75, 3.05) is 5.32 Å². The van der Waals surface area contributed by atoms with Gasteiger partial charge in [-0.25, -0.2) is 4.99 Å². The molecule has 1 atom stereocenters. The van der Waals surface area contributed by atoms with Gasteiger partial charge in [-0.3, -0.25) is 14.4 Å². The molecular formula is C22H23N3O3S. The van der Waals surface area contributed by atoms with Crippen molar-refractivity contribution in [2.24, 2.45) is 4.99 Å². The fourth-order valence-electron chi connectivity index (χ4n) is 2.97. The Balaban J connectivity index is 1.47. The minimum Gasteiger partial charge on any atom is -0.352 e. The molecule has 2 aromatic rings. The van der Waals surface area contributed by atoms with Crippen LogP contribution in [0.25, 0.3) is 0 Å². The number of thioether (sulfide) groups is 1. The maximum atomic E-state index is 12.3. The Bertz CT molecular complexity index is 957. The van der Waals surface area contributed by atoms with Crippen molar-refractivity contribution >= 4 is 40.2 Å². The molecule has 0 fully saturated rings. The SMILES string of the molecule is Cc1ccc(NC(=O)C[C@@H]2SC(CC(=O)NCc3ccccc3)=NC2=O)c(C)c1. The number of amides is 3. The van der Waals surface area contributed by atoms with Gasteiger partial charge in [-0.15, -0.1) is 0 Å². The first-order valence-electron chi connectivity index (χ1n) is 9.36. The van der Waals surface area contributed by atoms with E-state index in [-0.39, 0.29) is 30.6 Å². The molecule has 7 heteroatoms. The zero-order valence-electron chi connectivity index (χ0n) is 16.4. The smallest absolute Gasteiger partial charge is 0.260 e. The Kier molecular flexibility index (Phi) is 6.82. The molecule has 29 heavy (non-hydrogen) atoms. The second-order valence-corrected chi connectivity index (χ2v) is 8.24. The van der Waals surface area contributed by atoms with Crippen LogP contribution in [0.3, 0.4) is 0 Å². The summed E-state index contributed by atoms with van der Waals surface area (Å²) in [6.07, 6.45) is 0.0634. The van der Waals surface area contributed by atoms with Gasteiger partial charge in [0.15, 0.2) is 0 Å². The predicted molar refractivity (Wildman–Crippen MR) is 116 cm³/mol. The highest BCUT2D eigenvalue weighted by atomic mass is 32.2. The lowest BCUT2D eigenvalue weighted by atomic mass is 10.1. The van der Waals surface area contributed by atoms with E-state index in [0.29, 0.717) is 11.6 Å². The quantitative estimate of drug-likeness (QED) is 0.734. The molecule has 0 unspecified atom stereocenters. The van der Waals surface area contributed by atoms with Gasteiger partial charge in [0.2, 0.25) is 11.8 Å². The lowest BCUT2D eigenvalue weighted by Gasteiger charge is -2.11. The summed E-state index contributed by atoms with van der Waals surface area (Å²) in [4.78, 5) is 40.5. The van der Waals surface area contributed by atoms with Crippen molar-refractivity contribution in [3.05, 3.63) is 65.2 Å². The number of hydrogen-bond donors (Lipinski definition) is 2. The third kappa shape index (κ3) is 6.02. The van der Waals surface area contributed by atoms with Crippen molar-refractivity contribution in [1.29, 1.82) is 0 Å². The molecule has 1 heterocycles. The highest BCUT2D eigenvalue weighted by Gasteiger charge is 2.31. The maximum Gasteiger partial charge on any atom is 0.260 e. The standard InChI is InChI=1S/C22H23N3O3S/c1-14-8-9-17(15(2)10-14)24-20(27)11-18-22(28)25-21(29-18)12-19(26)23-13-16-6-4-3-5-7-16/h3-10,18H,11-13H2,1-2H3,(H,23,26)(H,24,27)/t18-/m0/s1. The van der Waals surface area contributed by atoms with Gasteiger partial charge in [0.25, 0.3) is 5.91 Å². The first-order chi connectivity index (χ1) is 13.9. The third-order valence-corrected chi connectivity index (χ3v) is 5.62. The van der Waals surface area contributed by atoms with Crippen molar-refractivity contribution in [3.63, 3.8) is 0 Å². The summed E-state index contributed by atoms with van der Waals surface area (Å²) >= 11 is 1.19. The third-order valence-electron chi connectivity index (χ3n) is 4.46. The molecule has 0 aromatic heterocycles. The summed E-state index contributed by atoms with van der Waals surface area (Å²) in [6, 6.07) is 15.3. The summed E-state index contributed by atoms with van der Waals surface area (Å²) in [7, 11) is 0. The van der Waals surface area contributed by atoms with Gasteiger partial charge >= 0.3 is 0 Å².